The van der Waals surface area contributed by atoms with Crippen molar-refractivity contribution in [3.8, 4) is 0 Å². The Balaban J connectivity index is 2.88. The van der Waals surface area contributed by atoms with Gasteiger partial charge in [0.1, 0.15) is 0 Å². The lowest BCUT2D eigenvalue weighted by Gasteiger charge is -2.19. The van der Waals surface area contributed by atoms with Crippen LogP contribution >= 0.6 is 0 Å². The maximum Gasteiger partial charge on any atom is 0.156 e. The second kappa shape index (κ2) is 3.70. The van der Waals surface area contributed by atoms with Crippen molar-refractivity contribution in [2.24, 2.45) is 5.92 Å². The van der Waals surface area contributed by atoms with Gasteiger partial charge in [0.15, 0.2) is 5.78 Å². The Hall–Kier alpha value is -0.850. The first-order valence-electron chi connectivity index (χ1n) is 4.54. The van der Waals surface area contributed by atoms with E-state index < -0.39 is 0 Å². The van der Waals surface area contributed by atoms with Gasteiger partial charge in [-0.15, -0.1) is 0 Å². The van der Waals surface area contributed by atoms with Gasteiger partial charge in [-0.05, 0) is 38.2 Å². The lowest BCUT2D eigenvalue weighted by Crippen LogP contribution is -2.12. The van der Waals surface area contributed by atoms with E-state index in [1.165, 1.54) is 5.57 Å². The van der Waals surface area contributed by atoms with Crippen LogP contribution in [0.1, 0.15) is 33.6 Å². The minimum Gasteiger partial charge on any atom is -0.295 e. The molecule has 1 heteroatoms. The first-order chi connectivity index (χ1) is 5.65. The van der Waals surface area contributed by atoms with Crippen LogP contribution in [0.25, 0.3) is 0 Å². The number of allylic oxidation sites excluding steroid dienone is 4. The summed E-state index contributed by atoms with van der Waals surface area (Å²) >= 11 is 0. The van der Waals surface area contributed by atoms with Crippen LogP contribution in [0, 0.1) is 5.92 Å². The SMILES string of the molecule is CCC1CC=C(C)C=C1C(C)=O. The van der Waals surface area contributed by atoms with Gasteiger partial charge < -0.3 is 0 Å². The molecule has 66 valence electrons. The van der Waals surface area contributed by atoms with Crippen LogP contribution in [0.2, 0.25) is 0 Å². The molecule has 0 aliphatic heterocycles. The number of ketones is 1. The summed E-state index contributed by atoms with van der Waals surface area (Å²) in [7, 11) is 0. The molecule has 1 aliphatic rings. The van der Waals surface area contributed by atoms with Crippen molar-refractivity contribution in [1.29, 1.82) is 0 Å². The average molecular weight is 164 g/mol. The minimum atomic E-state index is 0.231. The molecule has 1 rings (SSSR count). The van der Waals surface area contributed by atoms with Gasteiger partial charge in [0.2, 0.25) is 0 Å². The Labute approximate surface area is 74.2 Å². The van der Waals surface area contributed by atoms with E-state index in [2.05, 4.69) is 19.9 Å². The molecule has 12 heavy (non-hydrogen) atoms. The van der Waals surface area contributed by atoms with Crippen molar-refractivity contribution < 1.29 is 4.79 Å². The normalized spacial score (nSPS) is 23.1. The van der Waals surface area contributed by atoms with E-state index >= 15 is 0 Å². The Morgan fingerprint density at radius 3 is 2.83 bits per heavy atom. The molecule has 0 fully saturated rings. The highest BCUT2D eigenvalue weighted by Gasteiger charge is 2.17. The third kappa shape index (κ3) is 1.84. The summed E-state index contributed by atoms with van der Waals surface area (Å²) in [6.07, 6.45) is 6.34. The van der Waals surface area contributed by atoms with Crippen molar-refractivity contribution >= 4 is 5.78 Å². The molecule has 0 aromatic carbocycles. The standard InChI is InChI=1S/C11H16O/c1-4-10-6-5-8(2)7-11(10)9(3)12/h5,7,10H,4,6H2,1-3H3. The third-order valence-electron chi connectivity index (χ3n) is 2.45. The van der Waals surface area contributed by atoms with Gasteiger partial charge >= 0.3 is 0 Å². The number of rotatable bonds is 2. The molecule has 0 bridgehead atoms. The number of hydrogen-bond acceptors (Lipinski definition) is 1. The Bertz CT molecular complexity index is 246. The van der Waals surface area contributed by atoms with Gasteiger partial charge in [-0.3, -0.25) is 4.79 Å². The number of carbonyl (C=O) groups is 1. The smallest absolute Gasteiger partial charge is 0.156 e. The van der Waals surface area contributed by atoms with Gasteiger partial charge in [-0.1, -0.05) is 24.6 Å². The van der Waals surface area contributed by atoms with E-state index in [4.69, 9.17) is 0 Å². The predicted octanol–water partition coefficient (Wildman–Crippen LogP) is 2.88. The zero-order valence-electron chi connectivity index (χ0n) is 8.05. The number of carbonyl (C=O) groups excluding carboxylic acids is 1. The molecule has 1 aliphatic carbocycles. The molecule has 0 N–H and O–H groups in total. The second-order valence-corrected chi connectivity index (χ2v) is 3.44. The molecular weight excluding hydrogens is 148 g/mol. The summed E-state index contributed by atoms with van der Waals surface area (Å²) in [4.78, 5) is 11.2. The lowest BCUT2D eigenvalue weighted by atomic mass is 9.85. The molecule has 0 radical (unpaired) electrons. The molecule has 0 spiro atoms. The summed E-state index contributed by atoms with van der Waals surface area (Å²) in [5.74, 6) is 0.695. The van der Waals surface area contributed by atoms with E-state index in [0.29, 0.717) is 5.92 Å². The van der Waals surface area contributed by atoms with Crippen molar-refractivity contribution in [2.45, 2.75) is 33.6 Å². The molecule has 0 amide bonds. The van der Waals surface area contributed by atoms with Crippen LogP contribution < -0.4 is 0 Å². The number of Topliss-reactive ketones (excluding diaryl/α,β-unsaturated/α-hetero) is 1. The first-order valence-corrected chi connectivity index (χ1v) is 4.54. The quantitative estimate of drug-likeness (QED) is 0.613. The van der Waals surface area contributed by atoms with Crippen molar-refractivity contribution in [3.63, 3.8) is 0 Å². The molecule has 0 saturated carbocycles. The van der Waals surface area contributed by atoms with Crippen LogP contribution in [-0.2, 0) is 4.79 Å². The van der Waals surface area contributed by atoms with Gasteiger partial charge in [0.25, 0.3) is 0 Å². The second-order valence-electron chi connectivity index (χ2n) is 3.44. The summed E-state index contributed by atoms with van der Waals surface area (Å²) in [6.45, 7) is 5.85. The van der Waals surface area contributed by atoms with Crippen LogP contribution in [0.15, 0.2) is 23.3 Å². The molecule has 1 unspecified atom stereocenters. The van der Waals surface area contributed by atoms with Crippen LogP contribution in [-0.4, -0.2) is 5.78 Å². The first kappa shape index (κ1) is 9.24. The molecule has 0 heterocycles. The van der Waals surface area contributed by atoms with E-state index in [9.17, 15) is 4.79 Å². The Morgan fingerprint density at radius 2 is 2.33 bits per heavy atom. The molecule has 1 atom stereocenters. The molecule has 0 saturated heterocycles. The maximum absolute atomic E-state index is 11.2. The van der Waals surface area contributed by atoms with Crippen molar-refractivity contribution in [2.75, 3.05) is 0 Å². The fraction of sp³-hybridized carbons (Fsp3) is 0.545. The zero-order chi connectivity index (χ0) is 9.14. The fourth-order valence-corrected chi connectivity index (χ4v) is 1.65. The van der Waals surface area contributed by atoms with E-state index in [1.54, 1.807) is 6.92 Å². The lowest BCUT2D eigenvalue weighted by molar-refractivity contribution is -0.114. The van der Waals surface area contributed by atoms with E-state index in [1.807, 2.05) is 6.08 Å². The minimum absolute atomic E-state index is 0.231. The highest BCUT2D eigenvalue weighted by atomic mass is 16.1. The fourth-order valence-electron chi connectivity index (χ4n) is 1.65. The summed E-state index contributed by atoms with van der Waals surface area (Å²) < 4.78 is 0. The third-order valence-corrected chi connectivity index (χ3v) is 2.45. The van der Waals surface area contributed by atoms with Crippen molar-refractivity contribution in [3.05, 3.63) is 23.3 Å². The van der Waals surface area contributed by atoms with Gasteiger partial charge in [-0.25, -0.2) is 0 Å². The molecule has 1 nitrogen and oxygen atoms in total. The summed E-state index contributed by atoms with van der Waals surface area (Å²) in [5, 5.41) is 0. The Morgan fingerprint density at radius 1 is 1.67 bits per heavy atom. The number of hydrogen-bond donors (Lipinski definition) is 0. The van der Waals surface area contributed by atoms with E-state index in [-0.39, 0.29) is 5.78 Å². The molecule has 0 aromatic rings. The monoisotopic (exact) mass is 164 g/mol. The van der Waals surface area contributed by atoms with Gasteiger partial charge in [-0.2, -0.15) is 0 Å². The van der Waals surface area contributed by atoms with E-state index in [0.717, 1.165) is 18.4 Å². The highest BCUT2D eigenvalue weighted by molar-refractivity contribution is 5.94. The largest absolute Gasteiger partial charge is 0.295 e. The average Bonchev–Trinajstić information content (AvgIpc) is 2.04. The van der Waals surface area contributed by atoms with Crippen LogP contribution in [0.5, 0.6) is 0 Å². The Kier molecular flexibility index (Phi) is 2.85. The van der Waals surface area contributed by atoms with Crippen molar-refractivity contribution in [1.82, 2.24) is 0 Å². The zero-order valence-corrected chi connectivity index (χ0v) is 8.05. The molecule has 0 aromatic heterocycles. The topological polar surface area (TPSA) is 17.1 Å². The highest BCUT2D eigenvalue weighted by Crippen LogP contribution is 2.26. The summed E-state index contributed by atoms with van der Waals surface area (Å²) in [6, 6.07) is 0. The predicted molar refractivity (Wildman–Crippen MR) is 50.9 cm³/mol. The van der Waals surface area contributed by atoms with Gasteiger partial charge in [0.05, 0.1) is 0 Å². The maximum atomic E-state index is 11.2. The summed E-state index contributed by atoms with van der Waals surface area (Å²) in [5.41, 5.74) is 2.24. The van der Waals surface area contributed by atoms with Crippen LogP contribution in [0.4, 0.5) is 0 Å². The van der Waals surface area contributed by atoms with Crippen LogP contribution in [0.3, 0.4) is 0 Å². The molecular formula is C11H16O. The van der Waals surface area contributed by atoms with Gasteiger partial charge in [0, 0.05) is 0 Å².